The van der Waals surface area contributed by atoms with E-state index in [0.717, 1.165) is 16.8 Å². The standard InChI is InChI=1S/C17H21N3O3/c1-13-7-6-10-17(19-13)22-11-14-8-4-5-9-15(14)16(20-21-3)12-23-18-2/h4-10,18H,11-12H2,1-3H3/b20-16-. The number of nitrogens with one attached hydrogen (secondary N) is 1. The second-order valence-electron chi connectivity index (χ2n) is 4.78. The van der Waals surface area contributed by atoms with Gasteiger partial charge in [0.15, 0.2) is 0 Å². The van der Waals surface area contributed by atoms with Crippen molar-refractivity contribution in [2.24, 2.45) is 5.16 Å². The lowest BCUT2D eigenvalue weighted by Gasteiger charge is -2.12. The molecule has 0 aliphatic heterocycles. The lowest BCUT2D eigenvalue weighted by atomic mass is 10.0. The van der Waals surface area contributed by atoms with Crippen LogP contribution in [0.5, 0.6) is 5.88 Å². The smallest absolute Gasteiger partial charge is 0.213 e. The summed E-state index contributed by atoms with van der Waals surface area (Å²) < 4.78 is 5.78. The van der Waals surface area contributed by atoms with Gasteiger partial charge in [-0.3, -0.25) is 4.84 Å². The maximum Gasteiger partial charge on any atom is 0.213 e. The normalized spacial score (nSPS) is 11.3. The second kappa shape index (κ2) is 8.87. The van der Waals surface area contributed by atoms with Crippen molar-refractivity contribution in [3.8, 4) is 5.88 Å². The van der Waals surface area contributed by atoms with Crippen molar-refractivity contribution in [2.75, 3.05) is 20.8 Å². The molecule has 122 valence electrons. The minimum atomic E-state index is 0.282. The number of aryl methyl sites for hydroxylation is 1. The molecule has 6 heteroatoms. The first kappa shape index (κ1) is 16.9. The van der Waals surface area contributed by atoms with E-state index in [1.807, 2.05) is 49.4 Å². The topological polar surface area (TPSA) is 65.0 Å². The van der Waals surface area contributed by atoms with Crippen LogP contribution in [0.4, 0.5) is 0 Å². The summed E-state index contributed by atoms with van der Waals surface area (Å²) in [6.45, 7) is 2.60. The molecule has 0 saturated heterocycles. The molecule has 0 saturated carbocycles. The Bertz CT molecular complexity index is 659. The lowest BCUT2D eigenvalue weighted by molar-refractivity contribution is 0.0866. The van der Waals surface area contributed by atoms with E-state index in [4.69, 9.17) is 14.4 Å². The van der Waals surface area contributed by atoms with E-state index >= 15 is 0 Å². The summed E-state index contributed by atoms with van der Waals surface area (Å²) in [6.07, 6.45) is 0. The number of rotatable bonds is 8. The predicted molar refractivity (Wildman–Crippen MR) is 88.3 cm³/mol. The number of hydrogen-bond acceptors (Lipinski definition) is 6. The fraction of sp³-hybridized carbons (Fsp3) is 0.294. The molecular weight excluding hydrogens is 294 g/mol. The van der Waals surface area contributed by atoms with E-state index in [-0.39, 0.29) is 6.61 Å². The summed E-state index contributed by atoms with van der Waals surface area (Å²) in [5.41, 5.74) is 6.12. The van der Waals surface area contributed by atoms with Crippen LogP contribution in [0.25, 0.3) is 0 Å². The van der Waals surface area contributed by atoms with Crippen LogP contribution in [-0.4, -0.2) is 31.5 Å². The maximum absolute atomic E-state index is 5.78. The Morgan fingerprint density at radius 2 is 2.00 bits per heavy atom. The van der Waals surface area contributed by atoms with Gasteiger partial charge < -0.3 is 9.57 Å². The van der Waals surface area contributed by atoms with Crippen LogP contribution in [0, 0.1) is 6.92 Å². The second-order valence-corrected chi connectivity index (χ2v) is 4.78. The van der Waals surface area contributed by atoms with E-state index in [2.05, 4.69) is 15.6 Å². The van der Waals surface area contributed by atoms with E-state index < -0.39 is 0 Å². The van der Waals surface area contributed by atoms with Crippen LogP contribution in [0.1, 0.15) is 16.8 Å². The molecule has 1 aromatic heterocycles. The number of pyridine rings is 1. The largest absolute Gasteiger partial charge is 0.473 e. The molecule has 1 heterocycles. The molecule has 0 radical (unpaired) electrons. The van der Waals surface area contributed by atoms with Crippen molar-refractivity contribution in [1.82, 2.24) is 10.5 Å². The molecule has 0 fully saturated rings. The quantitative estimate of drug-likeness (QED) is 0.599. The van der Waals surface area contributed by atoms with Crippen LogP contribution in [0.15, 0.2) is 47.6 Å². The van der Waals surface area contributed by atoms with Gasteiger partial charge >= 0.3 is 0 Å². The molecule has 0 amide bonds. The van der Waals surface area contributed by atoms with Gasteiger partial charge in [-0.25, -0.2) is 10.5 Å². The Labute approximate surface area is 136 Å². The maximum atomic E-state index is 5.78. The Morgan fingerprint density at radius 3 is 2.74 bits per heavy atom. The Balaban J connectivity index is 2.17. The van der Waals surface area contributed by atoms with Crippen molar-refractivity contribution in [3.05, 3.63) is 59.3 Å². The zero-order chi connectivity index (χ0) is 16.5. The van der Waals surface area contributed by atoms with Gasteiger partial charge in [0, 0.05) is 24.4 Å². The van der Waals surface area contributed by atoms with Gasteiger partial charge in [-0.15, -0.1) is 0 Å². The van der Waals surface area contributed by atoms with Crippen LogP contribution in [-0.2, 0) is 16.3 Å². The number of ether oxygens (including phenoxy) is 1. The van der Waals surface area contributed by atoms with Gasteiger partial charge in [0.25, 0.3) is 0 Å². The Morgan fingerprint density at radius 1 is 1.17 bits per heavy atom. The average Bonchev–Trinajstić information content (AvgIpc) is 2.57. The van der Waals surface area contributed by atoms with E-state index in [1.165, 1.54) is 7.11 Å². The molecule has 0 aliphatic carbocycles. The van der Waals surface area contributed by atoms with Crippen molar-refractivity contribution >= 4 is 5.71 Å². The van der Waals surface area contributed by atoms with Crippen molar-refractivity contribution in [3.63, 3.8) is 0 Å². The molecule has 0 bridgehead atoms. The van der Waals surface area contributed by atoms with Gasteiger partial charge in [-0.2, -0.15) is 0 Å². The number of benzene rings is 1. The zero-order valence-corrected chi connectivity index (χ0v) is 13.6. The fourth-order valence-corrected chi connectivity index (χ4v) is 2.08. The SMILES string of the molecule is CNOC/C(=N/OC)c1ccccc1COc1cccc(C)n1. The third kappa shape index (κ3) is 5.05. The monoisotopic (exact) mass is 315 g/mol. The highest BCUT2D eigenvalue weighted by atomic mass is 16.6. The molecule has 1 N–H and O–H groups in total. The molecular formula is C17H21N3O3. The molecule has 2 rings (SSSR count). The van der Waals surface area contributed by atoms with Crippen LogP contribution >= 0.6 is 0 Å². The van der Waals surface area contributed by atoms with Crippen molar-refractivity contribution < 1.29 is 14.4 Å². The van der Waals surface area contributed by atoms with Gasteiger partial charge in [0.2, 0.25) is 5.88 Å². The van der Waals surface area contributed by atoms with Crippen LogP contribution in [0.3, 0.4) is 0 Å². The third-order valence-corrected chi connectivity index (χ3v) is 3.12. The highest BCUT2D eigenvalue weighted by Gasteiger charge is 2.11. The highest BCUT2D eigenvalue weighted by Crippen LogP contribution is 2.15. The van der Waals surface area contributed by atoms with Crippen LogP contribution in [0.2, 0.25) is 0 Å². The summed E-state index contributed by atoms with van der Waals surface area (Å²) in [5, 5.41) is 4.04. The molecule has 23 heavy (non-hydrogen) atoms. The number of oxime groups is 1. The zero-order valence-electron chi connectivity index (χ0n) is 13.6. The fourth-order valence-electron chi connectivity index (χ4n) is 2.08. The van der Waals surface area contributed by atoms with E-state index in [1.54, 1.807) is 7.05 Å². The summed E-state index contributed by atoms with van der Waals surface area (Å²) in [4.78, 5) is 14.5. The Kier molecular flexibility index (Phi) is 6.53. The molecule has 2 aromatic rings. The molecule has 6 nitrogen and oxygen atoms in total. The van der Waals surface area contributed by atoms with Crippen LogP contribution < -0.4 is 10.2 Å². The molecule has 0 aliphatic rings. The number of hydroxylamine groups is 1. The summed E-state index contributed by atoms with van der Waals surface area (Å²) in [6, 6.07) is 13.5. The van der Waals surface area contributed by atoms with E-state index in [9.17, 15) is 0 Å². The first-order valence-corrected chi connectivity index (χ1v) is 7.28. The molecule has 1 aromatic carbocycles. The summed E-state index contributed by atoms with van der Waals surface area (Å²) in [7, 11) is 3.21. The minimum absolute atomic E-state index is 0.282. The van der Waals surface area contributed by atoms with Gasteiger partial charge in [-0.05, 0) is 18.6 Å². The molecule has 0 atom stereocenters. The predicted octanol–water partition coefficient (Wildman–Crippen LogP) is 2.47. The highest BCUT2D eigenvalue weighted by molar-refractivity contribution is 6.02. The van der Waals surface area contributed by atoms with Crippen molar-refractivity contribution in [1.29, 1.82) is 0 Å². The third-order valence-electron chi connectivity index (χ3n) is 3.12. The number of aromatic nitrogens is 1. The van der Waals surface area contributed by atoms with Gasteiger partial charge in [0.05, 0.1) is 0 Å². The Hall–Kier alpha value is -2.44. The van der Waals surface area contributed by atoms with E-state index in [0.29, 0.717) is 18.2 Å². The number of nitrogens with zero attached hydrogens (tertiary/aromatic N) is 2. The summed E-state index contributed by atoms with van der Waals surface area (Å²) >= 11 is 0. The first-order chi connectivity index (χ1) is 11.2. The average molecular weight is 315 g/mol. The minimum Gasteiger partial charge on any atom is -0.473 e. The number of hydrogen-bond donors (Lipinski definition) is 1. The van der Waals surface area contributed by atoms with Crippen molar-refractivity contribution in [2.45, 2.75) is 13.5 Å². The van der Waals surface area contributed by atoms with Gasteiger partial charge in [0.1, 0.15) is 26.0 Å². The molecule has 0 unspecified atom stereocenters. The lowest BCUT2D eigenvalue weighted by Crippen LogP contribution is -2.19. The first-order valence-electron chi connectivity index (χ1n) is 7.28. The molecule has 0 spiro atoms. The van der Waals surface area contributed by atoms with Gasteiger partial charge in [-0.1, -0.05) is 35.5 Å². The summed E-state index contributed by atoms with van der Waals surface area (Å²) in [5.74, 6) is 0.594.